The lowest BCUT2D eigenvalue weighted by Crippen LogP contribution is -2.33. The van der Waals surface area contributed by atoms with Crippen molar-refractivity contribution in [2.24, 2.45) is 0 Å². The zero-order valence-corrected chi connectivity index (χ0v) is 16.1. The van der Waals surface area contributed by atoms with Gasteiger partial charge in [0.25, 0.3) is 5.91 Å². The number of hydrogen-bond donors (Lipinski definition) is 3. The van der Waals surface area contributed by atoms with Gasteiger partial charge in [0.15, 0.2) is 0 Å². The van der Waals surface area contributed by atoms with Crippen molar-refractivity contribution in [2.75, 3.05) is 0 Å². The number of carbonyl (C=O) groups excluding carboxylic acids is 1. The summed E-state index contributed by atoms with van der Waals surface area (Å²) in [6.07, 6.45) is 3.79. The van der Waals surface area contributed by atoms with Crippen LogP contribution in [0.2, 0.25) is 0 Å². The molecule has 4 rings (SSSR count). The van der Waals surface area contributed by atoms with E-state index in [1.54, 1.807) is 12.1 Å². The number of benzene rings is 2. The molecule has 1 aromatic heterocycles. The van der Waals surface area contributed by atoms with Crippen LogP contribution < -0.4 is 10.0 Å². The molecule has 1 saturated carbocycles. The minimum atomic E-state index is -3.63. The number of aromatic amines is 1. The van der Waals surface area contributed by atoms with Gasteiger partial charge in [-0.2, -0.15) is 0 Å². The number of imidazole rings is 1. The average Bonchev–Trinajstić information content (AvgIpc) is 3.35. The number of amides is 1. The molecule has 2 aromatic carbocycles. The molecule has 3 aromatic rings. The van der Waals surface area contributed by atoms with Gasteiger partial charge in [0, 0.05) is 11.6 Å². The summed E-state index contributed by atoms with van der Waals surface area (Å²) >= 11 is 0. The average molecular weight is 398 g/mol. The number of nitrogens with one attached hydrogen (secondary N) is 3. The molecule has 3 N–H and O–H groups in total. The lowest BCUT2D eigenvalue weighted by molar-refractivity contribution is 0.0949. The van der Waals surface area contributed by atoms with Crippen LogP contribution in [-0.2, 0) is 16.6 Å². The molecule has 146 valence electrons. The Labute approximate surface area is 163 Å². The van der Waals surface area contributed by atoms with E-state index in [2.05, 4.69) is 20.0 Å². The molecule has 1 amide bonds. The molecule has 28 heavy (non-hydrogen) atoms. The zero-order valence-electron chi connectivity index (χ0n) is 15.3. The van der Waals surface area contributed by atoms with Gasteiger partial charge in [0.1, 0.15) is 5.82 Å². The maximum atomic E-state index is 12.6. The lowest BCUT2D eigenvalue weighted by atomic mass is 10.2. The number of para-hydroxylation sites is 2. The number of sulfonamides is 1. The van der Waals surface area contributed by atoms with Crippen LogP contribution in [0.1, 0.15) is 41.9 Å². The number of H-pyrrole nitrogens is 1. The Balaban J connectivity index is 1.44. The topological polar surface area (TPSA) is 104 Å². The Hall–Kier alpha value is -2.71. The number of aromatic nitrogens is 2. The molecule has 8 heteroatoms. The molecule has 0 aliphatic heterocycles. The van der Waals surface area contributed by atoms with Crippen molar-refractivity contribution in [1.29, 1.82) is 0 Å². The zero-order chi connectivity index (χ0) is 19.6. The summed E-state index contributed by atoms with van der Waals surface area (Å²) in [7, 11) is -3.63. The number of hydrogen-bond acceptors (Lipinski definition) is 4. The molecule has 0 radical (unpaired) electrons. The highest BCUT2D eigenvalue weighted by atomic mass is 32.2. The van der Waals surface area contributed by atoms with Gasteiger partial charge in [-0.3, -0.25) is 4.79 Å². The smallest absolute Gasteiger partial charge is 0.251 e. The molecular formula is C20H22N4O3S. The Bertz CT molecular complexity index is 1070. The van der Waals surface area contributed by atoms with Crippen LogP contribution in [0.3, 0.4) is 0 Å². The van der Waals surface area contributed by atoms with E-state index >= 15 is 0 Å². The third-order valence-corrected chi connectivity index (χ3v) is 6.46. The summed E-state index contributed by atoms with van der Waals surface area (Å²) in [5.41, 5.74) is 2.03. The van der Waals surface area contributed by atoms with Gasteiger partial charge < -0.3 is 10.3 Å². The second kappa shape index (κ2) is 7.73. The maximum Gasteiger partial charge on any atom is 0.251 e. The first-order chi connectivity index (χ1) is 13.5. The first kappa shape index (κ1) is 18.6. The molecule has 1 aliphatic rings. The van der Waals surface area contributed by atoms with E-state index in [0.29, 0.717) is 11.4 Å². The third-order valence-electron chi connectivity index (χ3n) is 4.94. The van der Waals surface area contributed by atoms with E-state index in [9.17, 15) is 13.2 Å². The van der Waals surface area contributed by atoms with Gasteiger partial charge in [0.2, 0.25) is 10.0 Å². The first-order valence-electron chi connectivity index (χ1n) is 9.35. The van der Waals surface area contributed by atoms with E-state index in [-0.39, 0.29) is 23.4 Å². The molecule has 0 atom stereocenters. The first-order valence-corrected chi connectivity index (χ1v) is 10.8. The van der Waals surface area contributed by atoms with Crippen LogP contribution in [0.15, 0.2) is 53.4 Å². The monoisotopic (exact) mass is 398 g/mol. The molecule has 0 saturated heterocycles. The summed E-state index contributed by atoms with van der Waals surface area (Å²) in [5, 5.41) is 2.78. The van der Waals surface area contributed by atoms with Gasteiger partial charge in [-0.25, -0.2) is 18.1 Å². The fourth-order valence-electron chi connectivity index (χ4n) is 3.49. The lowest BCUT2D eigenvalue weighted by Gasteiger charge is -2.13. The summed E-state index contributed by atoms with van der Waals surface area (Å²) in [6, 6.07) is 13.7. The second-order valence-corrected chi connectivity index (χ2v) is 8.73. The standard InChI is InChI=1S/C20H22N4O3S/c25-20(21-13-19-22-17-10-3-4-11-18(17)23-19)14-6-5-9-16(12-14)28(26,27)24-15-7-1-2-8-15/h3-6,9-12,15,24H,1-2,7-8,13H2,(H,21,25)(H,22,23). The highest BCUT2D eigenvalue weighted by Gasteiger charge is 2.23. The van der Waals surface area contributed by atoms with E-state index in [1.807, 2.05) is 24.3 Å². The summed E-state index contributed by atoms with van der Waals surface area (Å²) in [5.74, 6) is 0.291. The highest BCUT2D eigenvalue weighted by molar-refractivity contribution is 7.89. The van der Waals surface area contributed by atoms with Gasteiger partial charge in [-0.05, 0) is 43.2 Å². The fourth-order valence-corrected chi connectivity index (χ4v) is 4.84. The Kier molecular flexibility index (Phi) is 5.15. The predicted octanol–water partition coefficient (Wildman–Crippen LogP) is 2.71. The SMILES string of the molecule is O=C(NCc1nc2ccccc2[nH]1)c1cccc(S(=O)(=O)NC2CCCC2)c1. The number of carbonyl (C=O) groups is 1. The van der Waals surface area contributed by atoms with E-state index in [0.717, 1.165) is 36.7 Å². The molecule has 1 heterocycles. The van der Waals surface area contributed by atoms with E-state index in [1.165, 1.54) is 12.1 Å². The number of nitrogens with zero attached hydrogens (tertiary/aromatic N) is 1. The van der Waals surface area contributed by atoms with E-state index in [4.69, 9.17) is 0 Å². The van der Waals surface area contributed by atoms with Crippen LogP contribution in [0.25, 0.3) is 11.0 Å². The van der Waals surface area contributed by atoms with Crippen molar-refractivity contribution in [3.8, 4) is 0 Å². The third kappa shape index (κ3) is 4.07. The Morgan fingerprint density at radius 3 is 2.68 bits per heavy atom. The molecule has 1 fully saturated rings. The predicted molar refractivity (Wildman–Crippen MR) is 106 cm³/mol. The molecule has 0 bridgehead atoms. The normalized spacial score (nSPS) is 15.1. The summed E-state index contributed by atoms with van der Waals surface area (Å²) in [6.45, 7) is 0.227. The highest BCUT2D eigenvalue weighted by Crippen LogP contribution is 2.21. The van der Waals surface area contributed by atoms with Crippen LogP contribution in [0, 0.1) is 0 Å². The largest absolute Gasteiger partial charge is 0.345 e. The van der Waals surface area contributed by atoms with Crippen LogP contribution >= 0.6 is 0 Å². The Morgan fingerprint density at radius 2 is 1.89 bits per heavy atom. The van der Waals surface area contributed by atoms with Crippen molar-refractivity contribution in [1.82, 2.24) is 20.0 Å². The second-order valence-electron chi connectivity index (χ2n) is 7.01. The van der Waals surface area contributed by atoms with E-state index < -0.39 is 10.0 Å². The van der Waals surface area contributed by atoms with Crippen molar-refractivity contribution >= 4 is 27.0 Å². The fraction of sp³-hybridized carbons (Fsp3) is 0.300. The number of rotatable bonds is 6. The quantitative estimate of drug-likeness (QED) is 0.594. The summed E-state index contributed by atoms with van der Waals surface area (Å²) < 4.78 is 27.9. The molecule has 1 aliphatic carbocycles. The molecule has 7 nitrogen and oxygen atoms in total. The number of fused-ring (bicyclic) bond motifs is 1. The van der Waals surface area contributed by atoms with Crippen LogP contribution in [0.5, 0.6) is 0 Å². The molecule has 0 spiro atoms. The van der Waals surface area contributed by atoms with Crippen LogP contribution in [0.4, 0.5) is 0 Å². The maximum absolute atomic E-state index is 12.6. The summed E-state index contributed by atoms with van der Waals surface area (Å²) in [4.78, 5) is 20.2. The van der Waals surface area contributed by atoms with Gasteiger partial charge in [0.05, 0.1) is 22.5 Å². The minimum Gasteiger partial charge on any atom is -0.345 e. The van der Waals surface area contributed by atoms with Crippen LogP contribution in [-0.4, -0.2) is 30.3 Å². The van der Waals surface area contributed by atoms with Crippen molar-refractivity contribution in [3.63, 3.8) is 0 Å². The molecule has 0 unspecified atom stereocenters. The van der Waals surface area contributed by atoms with Gasteiger partial charge in [-0.15, -0.1) is 0 Å². The molecular weight excluding hydrogens is 376 g/mol. The van der Waals surface area contributed by atoms with Crippen molar-refractivity contribution in [2.45, 2.75) is 43.2 Å². The van der Waals surface area contributed by atoms with Crippen molar-refractivity contribution < 1.29 is 13.2 Å². The van der Waals surface area contributed by atoms with Gasteiger partial charge in [-0.1, -0.05) is 31.0 Å². The van der Waals surface area contributed by atoms with Gasteiger partial charge >= 0.3 is 0 Å². The minimum absolute atomic E-state index is 0.0180. The van der Waals surface area contributed by atoms with Crippen molar-refractivity contribution in [3.05, 3.63) is 59.9 Å². The Morgan fingerprint density at radius 1 is 1.11 bits per heavy atom.